The van der Waals surface area contributed by atoms with E-state index >= 15 is 0 Å². The molecule has 4 nitrogen and oxygen atoms in total. The maximum absolute atomic E-state index is 12.0. The van der Waals surface area contributed by atoms with Gasteiger partial charge in [0.05, 0.1) is 6.10 Å². The van der Waals surface area contributed by atoms with Gasteiger partial charge in [-0.25, -0.2) is 8.42 Å². The summed E-state index contributed by atoms with van der Waals surface area (Å²) >= 11 is 1.16. The zero-order valence-corrected chi connectivity index (χ0v) is 11.3. The summed E-state index contributed by atoms with van der Waals surface area (Å²) in [4.78, 5) is 0. The lowest BCUT2D eigenvalue weighted by atomic mass is 10.1. The summed E-state index contributed by atoms with van der Waals surface area (Å²) in [5.74, 6) is 0. The molecule has 0 spiro atoms. The molecule has 0 saturated carbocycles. The Labute approximate surface area is 110 Å². The van der Waals surface area contributed by atoms with E-state index in [1.54, 1.807) is 48.7 Å². The Hall–Kier alpha value is -1.37. The standard InChI is InChI=1S/C12H13NO3S2/c1-9(14)10-4-2-5-11(8-10)13-18(15,16)12-6-3-7-17-12/h2-9,13-14H,1H3. The lowest BCUT2D eigenvalue weighted by molar-refractivity contribution is 0.199. The number of aliphatic hydroxyl groups excluding tert-OH is 1. The highest BCUT2D eigenvalue weighted by molar-refractivity contribution is 7.94. The smallest absolute Gasteiger partial charge is 0.271 e. The molecule has 2 rings (SSSR count). The maximum Gasteiger partial charge on any atom is 0.271 e. The van der Waals surface area contributed by atoms with E-state index in [-0.39, 0.29) is 4.21 Å². The second kappa shape index (κ2) is 5.09. The Balaban J connectivity index is 2.27. The van der Waals surface area contributed by atoms with Crippen molar-refractivity contribution >= 4 is 27.0 Å². The molecule has 2 aromatic rings. The van der Waals surface area contributed by atoms with Crippen LogP contribution < -0.4 is 4.72 Å². The highest BCUT2D eigenvalue weighted by atomic mass is 32.2. The quantitative estimate of drug-likeness (QED) is 0.906. The Morgan fingerprint density at radius 1 is 1.28 bits per heavy atom. The molecule has 0 aliphatic rings. The van der Waals surface area contributed by atoms with Gasteiger partial charge in [-0.3, -0.25) is 4.72 Å². The molecule has 1 aromatic heterocycles. The predicted molar refractivity (Wildman–Crippen MR) is 72.2 cm³/mol. The van der Waals surface area contributed by atoms with Gasteiger partial charge in [0.15, 0.2) is 0 Å². The van der Waals surface area contributed by atoms with Crippen LogP contribution in [0.1, 0.15) is 18.6 Å². The highest BCUT2D eigenvalue weighted by Crippen LogP contribution is 2.22. The molecule has 0 bridgehead atoms. The number of sulfonamides is 1. The van der Waals surface area contributed by atoms with Gasteiger partial charge in [-0.2, -0.15) is 0 Å². The van der Waals surface area contributed by atoms with Crippen LogP contribution in [0.15, 0.2) is 46.0 Å². The Bertz CT molecular complexity index is 619. The molecule has 2 N–H and O–H groups in total. The number of rotatable bonds is 4. The fraction of sp³-hybridized carbons (Fsp3) is 0.167. The maximum atomic E-state index is 12.0. The van der Waals surface area contributed by atoms with Crippen LogP contribution in [0, 0.1) is 0 Å². The van der Waals surface area contributed by atoms with E-state index in [1.165, 1.54) is 0 Å². The first kappa shape index (κ1) is 13.1. The van der Waals surface area contributed by atoms with Gasteiger partial charge in [0.1, 0.15) is 4.21 Å². The van der Waals surface area contributed by atoms with Gasteiger partial charge in [0.25, 0.3) is 10.0 Å². The van der Waals surface area contributed by atoms with Gasteiger partial charge in [-0.05, 0) is 36.1 Å². The molecule has 0 aliphatic carbocycles. The predicted octanol–water partition coefficient (Wildman–Crippen LogP) is 2.60. The summed E-state index contributed by atoms with van der Waals surface area (Å²) in [6.07, 6.45) is -0.629. The van der Waals surface area contributed by atoms with E-state index in [1.807, 2.05) is 0 Å². The van der Waals surface area contributed by atoms with Crippen LogP contribution in [0.2, 0.25) is 0 Å². The van der Waals surface area contributed by atoms with E-state index < -0.39 is 16.1 Å². The molecule has 6 heteroatoms. The fourth-order valence-electron chi connectivity index (χ4n) is 1.48. The number of thiophene rings is 1. The number of aliphatic hydroxyl groups is 1. The molecule has 0 saturated heterocycles. The molecule has 0 aliphatic heterocycles. The second-order valence-electron chi connectivity index (χ2n) is 3.84. The molecule has 0 fully saturated rings. The van der Waals surface area contributed by atoms with Gasteiger partial charge in [-0.15, -0.1) is 11.3 Å². The summed E-state index contributed by atoms with van der Waals surface area (Å²) in [6, 6.07) is 9.95. The van der Waals surface area contributed by atoms with Crippen molar-refractivity contribution in [2.24, 2.45) is 0 Å². The molecular formula is C12H13NO3S2. The Kier molecular flexibility index (Phi) is 3.70. The normalized spacial score (nSPS) is 13.2. The van der Waals surface area contributed by atoms with E-state index in [4.69, 9.17) is 0 Å². The second-order valence-corrected chi connectivity index (χ2v) is 6.70. The minimum absolute atomic E-state index is 0.268. The molecule has 18 heavy (non-hydrogen) atoms. The SMILES string of the molecule is CC(O)c1cccc(NS(=O)(=O)c2cccs2)c1. The summed E-state index contributed by atoms with van der Waals surface area (Å²) in [7, 11) is -3.53. The van der Waals surface area contributed by atoms with Crippen molar-refractivity contribution in [3.05, 3.63) is 47.3 Å². The molecule has 1 aromatic carbocycles. The topological polar surface area (TPSA) is 66.4 Å². The zero-order chi connectivity index (χ0) is 13.2. The number of nitrogens with one attached hydrogen (secondary N) is 1. The van der Waals surface area contributed by atoms with Crippen molar-refractivity contribution in [3.63, 3.8) is 0 Å². The highest BCUT2D eigenvalue weighted by Gasteiger charge is 2.15. The third-order valence-electron chi connectivity index (χ3n) is 2.38. The van der Waals surface area contributed by atoms with Crippen molar-refractivity contribution in [2.75, 3.05) is 4.72 Å². The van der Waals surface area contributed by atoms with Crippen molar-refractivity contribution in [3.8, 4) is 0 Å². The third-order valence-corrected chi connectivity index (χ3v) is 5.16. The van der Waals surface area contributed by atoms with Gasteiger partial charge in [-0.1, -0.05) is 18.2 Å². The number of hydrogen-bond donors (Lipinski definition) is 2. The number of hydrogen-bond acceptors (Lipinski definition) is 4. The largest absolute Gasteiger partial charge is 0.389 e. The van der Waals surface area contributed by atoms with Crippen LogP contribution in [0.25, 0.3) is 0 Å². The lowest BCUT2D eigenvalue weighted by Crippen LogP contribution is -2.11. The number of anilines is 1. The van der Waals surface area contributed by atoms with E-state index in [0.717, 1.165) is 11.3 Å². The monoisotopic (exact) mass is 283 g/mol. The summed E-state index contributed by atoms with van der Waals surface area (Å²) in [5, 5.41) is 11.2. The molecule has 96 valence electrons. The first-order chi connectivity index (χ1) is 8.49. The van der Waals surface area contributed by atoms with Crippen LogP contribution in [0.4, 0.5) is 5.69 Å². The summed E-state index contributed by atoms with van der Waals surface area (Å²) in [6.45, 7) is 1.63. The zero-order valence-electron chi connectivity index (χ0n) is 9.70. The molecule has 0 radical (unpaired) electrons. The Morgan fingerprint density at radius 3 is 2.67 bits per heavy atom. The van der Waals surface area contributed by atoms with Gasteiger partial charge in [0, 0.05) is 5.69 Å². The average molecular weight is 283 g/mol. The van der Waals surface area contributed by atoms with E-state index in [2.05, 4.69) is 4.72 Å². The number of benzene rings is 1. The van der Waals surface area contributed by atoms with Crippen molar-refractivity contribution in [1.29, 1.82) is 0 Å². The minimum Gasteiger partial charge on any atom is -0.389 e. The van der Waals surface area contributed by atoms with Crippen molar-refractivity contribution in [1.82, 2.24) is 0 Å². The average Bonchev–Trinajstić information content (AvgIpc) is 2.82. The molecule has 0 amide bonds. The van der Waals surface area contributed by atoms with Crippen LogP contribution in [-0.4, -0.2) is 13.5 Å². The van der Waals surface area contributed by atoms with E-state index in [0.29, 0.717) is 11.3 Å². The first-order valence-corrected chi connectivity index (χ1v) is 7.70. The van der Waals surface area contributed by atoms with Gasteiger partial charge < -0.3 is 5.11 Å². The third kappa shape index (κ3) is 2.90. The van der Waals surface area contributed by atoms with Crippen LogP contribution in [0.3, 0.4) is 0 Å². The van der Waals surface area contributed by atoms with Crippen LogP contribution in [0.5, 0.6) is 0 Å². The summed E-state index contributed by atoms with van der Waals surface area (Å²) < 4.78 is 26.7. The lowest BCUT2D eigenvalue weighted by Gasteiger charge is -2.09. The molecule has 1 heterocycles. The molecule has 1 atom stereocenters. The van der Waals surface area contributed by atoms with Crippen molar-refractivity contribution in [2.45, 2.75) is 17.2 Å². The van der Waals surface area contributed by atoms with Gasteiger partial charge in [0.2, 0.25) is 0 Å². The first-order valence-electron chi connectivity index (χ1n) is 5.33. The molecular weight excluding hydrogens is 270 g/mol. The van der Waals surface area contributed by atoms with Crippen molar-refractivity contribution < 1.29 is 13.5 Å². The Morgan fingerprint density at radius 2 is 2.06 bits per heavy atom. The van der Waals surface area contributed by atoms with E-state index in [9.17, 15) is 13.5 Å². The molecule has 1 unspecified atom stereocenters. The van der Waals surface area contributed by atoms with Gasteiger partial charge >= 0.3 is 0 Å². The fourth-order valence-corrected chi connectivity index (χ4v) is 3.53. The van der Waals surface area contributed by atoms with Crippen LogP contribution >= 0.6 is 11.3 Å². The summed E-state index contributed by atoms with van der Waals surface area (Å²) in [5.41, 5.74) is 1.11. The minimum atomic E-state index is -3.53. The van der Waals surface area contributed by atoms with Crippen LogP contribution in [-0.2, 0) is 10.0 Å².